The first-order valence-corrected chi connectivity index (χ1v) is 23.6. The van der Waals surface area contributed by atoms with Gasteiger partial charge in [0.2, 0.25) is 0 Å². The zero-order chi connectivity index (χ0) is 36.3. The summed E-state index contributed by atoms with van der Waals surface area (Å²) in [7, 11) is 0. The highest BCUT2D eigenvalue weighted by atomic mass is 32.1. The van der Waals surface area contributed by atoms with E-state index >= 15 is 0 Å². The zero-order valence-corrected chi connectivity index (χ0v) is 35.6. The Morgan fingerprint density at radius 3 is 1.77 bits per heavy atom. The first kappa shape index (κ1) is 37.0. The second-order valence-electron chi connectivity index (χ2n) is 13.9. The predicted molar refractivity (Wildman–Crippen MR) is 235 cm³/mol. The van der Waals surface area contributed by atoms with Crippen molar-refractivity contribution in [3.8, 4) is 39.7 Å². The minimum absolute atomic E-state index is 0.830. The van der Waals surface area contributed by atoms with Crippen molar-refractivity contribution in [1.82, 2.24) is 17.5 Å². The normalized spacial score (nSPS) is 12.0. The maximum atomic E-state index is 5.98. The van der Waals surface area contributed by atoms with E-state index in [1.165, 1.54) is 112 Å². The highest BCUT2D eigenvalue weighted by molar-refractivity contribution is 7.29. The van der Waals surface area contributed by atoms with Crippen molar-refractivity contribution < 1.29 is 4.74 Å². The molecule has 53 heavy (non-hydrogen) atoms. The van der Waals surface area contributed by atoms with Gasteiger partial charge in [0.1, 0.15) is 22.1 Å². The molecule has 2 aromatic carbocycles. The van der Waals surface area contributed by atoms with Crippen molar-refractivity contribution in [1.29, 1.82) is 0 Å². The fourth-order valence-electron chi connectivity index (χ4n) is 7.14. The van der Waals surface area contributed by atoms with E-state index in [4.69, 9.17) is 17.9 Å². The Hall–Kier alpha value is -2.90. The molecule has 274 valence electrons. The van der Waals surface area contributed by atoms with Crippen LogP contribution in [0.1, 0.15) is 86.8 Å². The summed E-state index contributed by atoms with van der Waals surface area (Å²) in [6.45, 7) is 10.6. The Kier molecular flexibility index (Phi) is 11.8. The number of hydrogen-bond acceptors (Lipinski definition) is 11. The molecule has 0 aliphatic carbocycles. The molecule has 8 aromatic rings. The van der Waals surface area contributed by atoms with Gasteiger partial charge in [-0.2, -0.15) is 17.5 Å². The number of ether oxygens (including phenoxy) is 1. The van der Waals surface area contributed by atoms with Crippen molar-refractivity contribution in [3.63, 3.8) is 0 Å². The summed E-state index contributed by atoms with van der Waals surface area (Å²) in [6, 6.07) is 18.7. The molecule has 0 radical (unpaired) electrons. The van der Waals surface area contributed by atoms with E-state index in [9.17, 15) is 0 Å². The number of nitrogens with zero attached hydrogens (tertiary/aromatic N) is 4. The molecule has 0 spiro atoms. The van der Waals surface area contributed by atoms with Gasteiger partial charge in [0.05, 0.1) is 23.5 Å². The maximum Gasteiger partial charge on any atom is 0.114 e. The van der Waals surface area contributed by atoms with Crippen LogP contribution in [0.25, 0.3) is 72.5 Å². The molecular weight excluding hydrogens is 769 g/mol. The Bertz CT molecular complexity index is 2470. The average molecular weight is 813 g/mol. The van der Waals surface area contributed by atoms with Crippen molar-refractivity contribution in [2.24, 2.45) is 0 Å². The molecular formula is C42H44N4OS6. The molecule has 0 aliphatic heterocycles. The van der Waals surface area contributed by atoms with E-state index in [0.29, 0.717) is 0 Å². The van der Waals surface area contributed by atoms with Crippen molar-refractivity contribution in [2.75, 3.05) is 13.2 Å². The van der Waals surface area contributed by atoms with Crippen LogP contribution in [-0.4, -0.2) is 30.7 Å². The summed E-state index contributed by atoms with van der Waals surface area (Å²) >= 11 is 10.3. The van der Waals surface area contributed by atoms with Gasteiger partial charge >= 0.3 is 0 Å². The zero-order valence-electron chi connectivity index (χ0n) is 30.8. The largest absolute Gasteiger partial charge is 0.381 e. The van der Waals surface area contributed by atoms with Crippen LogP contribution in [-0.2, 0) is 17.6 Å². The lowest BCUT2D eigenvalue weighted by Crippen LogP contribution is -1.97. The third kappa shape index (κ3) is 7.81. The maximum absolute atomic E-state index is 5.98. The third-order valence-corrected chi connectivity index (χ3v) is 16.0. The van der Waals surface area contributed by atoms with Gasteiger partial charge in [-0.05, 0) is 118 Å². The first-order valence-electron chi connectivity index (χ1n) is 18.8. The Labute approximate surface area is 336 Å². The van der Waals surface area contributed by atoms with Gasteiger partial charge in [-0.1, -0.05) is 39.5 Å². The van der Waals surface area contributed by atoms with Gasteiger partial charge < -0.3 is 4.74 Å². The molecule has 0 aliphatic rings. The van der Waals surface area contributed by atoms with E-state index in [1.54, 1.807) is 0 Å². The number of hydrogen-bond donors (Lipinski definition) is 0. The number of benzene rings is 2. The van der Waals surface area contributed by atoms with Crippen LogP contribution in [0.15, 0.2) is 48.5 Å². The molecule has 0 saturated carbocycles. The van der Waals surface area contributed by atoms with Crippen LogP contribution in [0.2, 0.25) is 0 Å². The fourth-order valence-corrected chi connectivity index (χ4v) is 13.0. The smallest absolute Gasteiger partial charge is 0.114 e. The lowest BCUT2D eigenvalue weighted by atomic mass is 9.99. The van der Waals surface area contributed by atoms with Gasteiger partial charge in [0.25, 0.3) is 0 Å². The van der Waals surface area contributed by atoms with Crippen LogP contribution in [0.3, 0.4) is 0 Å². The number of thiophene rings is 4. The molecule has 0 N–H and O–H groups in total. The minimum Gasteiger partial charge on any atom is -0.381 e. The van der Waals surface area contributed by atoms with Crippen molar-refractivity contribution in [3.05, 3.63) is 70.1 Å². The summed E-state index contributed by atoms with van der Waals surface area (Å²) in [5.74, 6) is 0. The summed E-state index contributed by atoms with van der Waals surface area (Å²) in [6.07, 6.45) is 11.8. The number of unbranched alkanes of at least 4 members (excludes halogenated alkanes) is 5. The second-order valence-corrected chi connectivity index (χ2v) is 19.4. The minimum atomic E-state index is 0.830. The quantitative estimate of drug-likeness (QED) is 0.0857. The van der Waals surface area contributed by atoms with Crippen molar-refractivity contribution >= 4 is 102 Å². The van der Waals surface area contributed by atoms with Gasteiger partial charge in [-0.15, -0.1) is 45.3 Å². The molecule has 0 fully saturated rings. The van der Waals surface area contributed by atoms with Crippen LogP contribution >= 0.6 is 68.8 Å². The lowest BCUT2D eigenvalue weighted by molar-refractivity contribution is 0.126. The molecule has 0 amide bonds. The SMILES string of the molecule is CCCCCOCCCCc1cc(-c2cc3c(cc(C)c4nsnc43)c3nsnc23)sc1-c1ccc(-c2ccc(-c3sc(C)cc3CCCCC)s2)s1. The standard InChI is InChI=1S/C42H44N4OS6/c1-5-7-9-13-27-22-26(4)48-41(27)34-17-15-32(49-34)33-16-18-35(50-33)42-28(14-10-12-20-47-19-11-8-6-2)23-36(51-42)31-24-30-29(39-40(31)46-53-45-39)21-25(3)37-38(30)44-52-43-37/h15-18,21-24H,5-14,19-20H2,1-4H3. The molecule has 8 rings (SSSR count). The molecule has 6 aromatic heterocycles. The fraction of sp³-hybridized carbons (Fsp3) is 0.381. The molecule has 11 heteroatoms. The van der Waals surface area contributed by atoms with Crippen LogP contribution in [0, 0.1) is 13.8 Å². The molecule has 5 nitrogen and oxygen atoms in total. The highest BCUT2D eigenvalue weighted by Crippen LogP contribution is 2.48. The predicted octanol–water partition coefficient (Wildman–Crippen LogP) is 14.6. The van der Waals surface area contributed by atoms with Crippen LogP contribution < -0.4 is 0 Å². The number of aromatic nitrogens is 4. The summed E-state index contributed by atoms with van der Waals surface area (Å²) < 4.78 is 25.0. The van der Waals surface area contributed by atoms with Crippen LogP contribution in [0.4, 0.5) is 0 Å². The van der Waals surface area contributed by atoms with Crippen molar-refractivity contribution in [2.45, 2.75) is 91.9 Å². The number of fused-ring (bicyclic) bond motifs is 5. The van der Waals surface area contributed by atoms with E-state index in [2.05, 4.69) is 80.6 Å². The van der Waals surface area contributed by atoms with E-state index in [1.807, 2.05) is 45.3 Å². The summed E-state index contributed by atoms with van der Waals surface area (Å²) in [4.78, 5) is 10.9. The van der Waals surface area contributed by atoms with Gasteiger partial charge in [-0.25, -0.2) is 0 Å². The Balaban J connectivity index is 1.12. The third-order valence-electron chi connectivity index (χ3n) is 9.89. The molecule has 0 unspecified atom stereocenters. The van der Waals surface area contributed by atoms with E-state index in [-0.39, 0.29) is 0 Å². The first-order chi connectivity index (χ1) is 26.0. The van der Waals surface area contributed by atoms with Gasteiger partial charge in [-0.3, -0.25) is 0 Å². The molecule has 0 saturated heterocycles. The second kappa shape index (κ2) is 16.9. The summed E-state index contributed by atoms with van der Waals surface area (Å²) in [5.41, 5.74) is 9.05. The lowest BCUT2D eigenvalue weighted by Gasteiger charge is -2.06. The number of rotatable bonds is 17. The van der Waals surface area contributed by atoms with E-state index < -0.39 is 0 Å². The summed E-state index contributed by atoms with van der Waals surface area (Å²) in [5, 5.41) is 2.21. The molecule has 0 bridgehead atoms. The molecule has 0 atom stereocenters. The Morgan fingerprint density at radius 1 is 0.509 bits per heavy atom. The van der Waals surface area contributed by atoms with Gasteiger partial charge in [0.15, 0.2) is 0 Å². The number of aryl methyl sites for hydroxylation is 4. The topological polar surface area (TPSA) is 60.8 Å². The van der Waals surface area contributed by atoms with E-state index in [0.717, 1.165) is 82.9 Å². The van der Waals surface area contributed by atoms with Crippen LogP contribution in [0.5, 0.6) is 0 Å². The van der Waals surface area contributed by atoms with Gasteiger partial charge in [0, 0.05) is 68.6 Å². The highest BCUT2D eigenvalue weighted by Gasteiger charge is 2.22. The Morgan fingerprint density at radius 2 is 1.06 bits per heavy atom. The average Bonchev–Trinajstić information content (AvgIpc) is 4.00. The monoisotopic (exact) mass is 812 g/mol. The molecule has 6 heterocycles.